The highest BCUT2D eigenvalue weighted by atomic mass is 19.4. The van der Waals surface area contributed by atoms with Gasteiger partial charge in [0, 0.05) is 23.9 Å². The molecule has 0 spiro atoms. The normalized spacial score (nSPS) is 11.8. The van der Waals surface area contributed by atoms with Crippen molar-refractivity contribution in [2.24, 2.45) is 0 Å². The van der Waals surface area contributed by atoms with Gasteiger partial charge in [0.2, 0.25) is 5.82 Å². The molecule has 0 bridgehead atoms. The van der Waals surface area contributed by atoms with Crippen molar-refractivity contribution in [2.45, 2.75) is 6.18 Å². The van der Waals surface area contributed by atoms with Gasteiger partial charge in [-0.05, 0) is 24.3 Å². The third-order valence-corrected chi connectivity index (χ3v) is 3.21. The molecule has 3 aromatic rings. The van der Waals surface area contributed by atoms with E-state index in [1.54, 1.807) is 0 Å². The van der Waals surface area contributed by atoms with Gasteiger partial charge in [0.1, 0.15) is 5.75 Å². The Hall–Kier alpha value is -3.10. The summed E-state index contributed by atoms with van der Waals surface area (Å²) in [6.45, 7) is 0. The van der Waals surface area contributed by atoms with Gasteiger partial charge in [-0.1, -0.05) is 0 Å². The number of benzene rings is 2. The number of alkyl halides is 3. The molecule has 1 heterocycles. The molecule has 23 heavy (non-hydrogen) atoms. The Labute approximate surface area is 126 Å². The van der Waals surface area contributed by atoms with E-state index in [9.17, 15) is 28.4 Å². The number of imidazole rings is 1. The van der Waals surface area contributed by atoms with Gasteiger partial charge in [0.05, 0.1) is 16.0 Å². The van der Waals surface area contributed by atoms with Crippen molar-refractivity contribution in [3.05, 3.63) is 58.4 Å². The standard InChI is InChI=1S/C14H8F3N3O3/c15-14(16,17)13-18-11-6-5-10(21)7-12(11)19(13)8-1-3-9(4-2-8)20(22)23/h1-7,21H. The molecule has 3 rings (SSSR count). The molecule has 2 aromatic carbocycles. The first kappa shape index (κ1) is 14.8. The van der Waals surface area contributed by atoms with Crippen molar-refractivity contribution in [2.75, 3.05) is 0 Å². The van der Waals surface area contributed by atoms with E-state index >= 15 is 0 Å². The van der Waals surface area contributed by atoms with Gasteiger partial charge in [0.25, 0.3) is 5.69 Å². The SMILES string of the molecule is O=[N+]([O-])c1ccc(-n2c(C(F)(F)F)nc3ccc(O)cc32)cc1. The van der Waals surface area contributed by atoms with E-state index in [1.807, 2.05) is 0 Å². The predicted molar refractivity (Wildman–Crippen MR) is 74.4 cm³/mol. The van der Waals surface area contributed by atoms with Crippen LogP contribution in [0.5, 0.6) is 5.75 Å². The number of non-ortho nitro benzene ring substituents is 1. The summed E-state index contributed by atoms with van der Waals surface area (Å²) in [6, 6.07) is 8.24. The summed E-state index contributed by atoms with van der Waals surface area (Å²) in [4.78, 5) is 13.6. The number of phenols is 1. The van der Waals surface area contributed by atoms with E-state index in [2.05, 4.69) is 4.98 Å². The van der Waals surface area contributed by atoms with Crippen molar-refractivity contribution in [1.82, 2.24) is 9.55 Å². The number of fused-ring (bicyclic) bond motifs is 1. The van der Waals surface area contributed by atoms with Gasteiger partial charge in [0.15, 0.2) is 0 Å². The second kappa shape index (κ2) is 4.97. The maximum absolute atomic E-state index is 13.2. The van der Waals surface area contributed by atoms with E-state index in [-0.39, 0.29) is 28.2 Å². The van der Waals surface area contributed by atoms with Gasteiger partial charge in [-0.15, -0.1) is 0 Å². The number of aromatic hydroxyl groups is 1. The molecule has 0 amide bonds. The Bertz CT molecular complexity index is 901. The van der Waals surface area contributed by atoms with Gasteiger partial charge in [-0.25, -0.2) is 4.98 Å². The van der Waals surface area contributed by atoms with Crippen LogP contribution in [0.25, 0.3) is 16.7 Å². The van der Waals surface area contributed by atoms with Crippen molar-refractivity contribution in [1.29, 1.82) is 0 Å². The van der Waals surface area contributed by atoms with Crippen LogP contribution in [0.15, 0.2) is 42.5 Å². The number of hydrogen-bond donors (Lipinski definition) is 1. The van der Waals surface area contributed by atoms with Crippen molar-refractivity contribution >= 4 is 16.7 Å². The number of aromatic nitrogens is 2. The number of rotatable bonds is 2. The summed E-state index contributed by atoms with van der Waals surface area (Å²) in [5.41, 5.74) is -0.0924. The van der Waals surface area contributed by atoms with Crippen LogP contribution in [-0.4, -0.2) is 19.6 Å². The molecular weight excluding hydrogens is 315 g/mol. The molecule has 0 aliphatic carbocycles. The molecule has 1 aromatic heterocycles. The molecular formula is C14H8F3N3O3. The number of nitro groups is 1. The van der Waals surface area contributed by atoms with Gasteiger partial charge in [-0.2, -0.15) is 13.2 Å². The summed E-state index contributed by atoms with van der Waals surface area (Å²) in [5, 5.41) is 20.2. The van der Waals surface area contributed by atoms with Crippen LogP contribution in [0.3, 0.4) is 0 Å². The molecule has 118 valence electrons. The molecule has 0 unspecified atom stereocenters. The van der Waals surface area contributed by atoms with Gasteiger partial charge >= 0.3 is 6.18 Å². The summed E-state index contributed by atoms with van der Waals surface area (Å²) in [5.74, 6) is -1.39. The highest BCUT2D eigenvalue weighted by Gasteiger charge is 2.38. The second-order valence-electron chi connectivity index (χ2n) is 4.72. The van der Waals surface area contributed by atoms with Crippen molar-refractivity contribution in [3.8, 4) is 11.4 Å². The summed E-state index contributed by atoms with van der Waals surface area (Å²) in [6.07, 6.45) is -4.73. The van der Waals surface area contributed by atoms with Gasteiger partial charge < -0.3 is 5.11 Å². The van der Waals surface area contributed by atoms with Crippen LogP contribution in [-0.2, 0) is 6.18 Å². The highest BCUT2D eigenvalue weighted by Crippen LogP contribution is 2.35. The molecule has 0 aliphatic rings. The first-order valence-electron chi connectivity index (χ1n) is 6.31. The Morgan fingerprint density at radius 1 is 1.13 bits per heavy atom. The lowest BCUT2D eigenvalue weighted by Crippen LogP contribution is -2.13. The Morgan fingerprint density at radius 3 is 2.35 bits per heavy atom. The first-order valence-corrected chi connectivity index (χ1v) is 6.31. The Balaban J connectivity index is 2.29. The van der Waals surface area contributed by atoms with E-state index in [0.29, 0.717) is 0 Å². The average molecular weight is 323 g/mol. The molecule has 0 atom stereocenters. The minimum Gasteiger partial charge on any atom is -0.508 e. The number of nitro benzene ring substituents is 1. The fourth-order valence-corrected chi connectivity index (χ4v) is 2.24. The average Bonchev–Trinajstić information content (AvgIpc) is 2.86. The summed E-state index contributed by atoms with van der Waals surface area (Å²) < 4.78 is 40.5. The number of nitrogens with zero attached hydrogens (tertiary/aromatic N) is 3. The smallest absolute Gasteiger partial charge is 0.450 e. The van der Waals surface area contributed by atoms with Crippen LogP contribution < -0.4 is 0 Å². The predicted octanol–water partition coefficient (Wildman–Crippen LogP) is 3.66. The lowest BCUT2D eigenvalue weighted by atomic mass is 10.2. The third-order valence-electron chi connectivity index (χ3n) is 3.21. The van der Waals surface area contributed by atoms with Crippen LogP contribution in [0.4, 0.5) is 18.9 Å². The highest BCUT2D eigenvalue weighted by molar-refractivity contribution is 5.80. The third kappa shape index (κ3) is 2.56. The van der Waals surface area contributed by atoms with E-state index in [0.717, 1.165) is 22.8 Å². The summed E-state index contributed by atoms with van der Waals surface area (Å²) >= 11 is 0. The van der Waals surface area contributed by atoms with Crippen LogP contribution >= 0.6 is 0 Å². The van der Waals surface area contributed by atoms with E-state index < -0.39 is 16.9 Å². The van der Waals surface area contributed by atoms with Crippen molar-refractivity contribution < 1.29 is 23.2 Å². The quantitative estimate of drug-likeness (QED) is 0.576. The number of halogens is 3. The molecule has 9 heteroatoms. The minimum atomic E-state index is -4.73. The second-order valence-corrected chi connectivity index (χ2v) is 4.72. The van der Waals surface area contributed by atoms with E-state index in [1.165, 1.54) is 24.3 Å². The summed E-state index contributed by atoms with van der Waals surface area (Å²) in [7, 11) is 0. The largest absolute Gasteiger partial charge is 0.508 e. The maximum Gasteiger partial charge on any atom is 0.450 e. The van der Waals surface area contributed by atoms with Crippen LogP contribution in [0.2, 0.25) is 0 Å². The van der Waals surface area contributed by atoms with Crippen molar-refractivity contribution in [3.63, 3.8) is 0 Å². The maximum atomic E-state index is 13.2. The minimum absolute atomic E-state index is 0.0474. The molecule has 1 N–H and O–H groups in total. The lowest BCUT2D eigenvalue weighted by Gasteiger charge is -2.11. The van der Waals surface area contributed by atoms with Crippen LogP contribution in [0, 0.1) is 10.1 Å². The molecule has 0 fully saturated rings. The van der Waals surface area contributed by atoms with Crippen LogP contribution in [0.1, 0.15) is 5.82 Å². The van der Waals surface area contributed by atoms with E-state index in [4.69, 9.17) is 0 Å². The number of phenolic OH excluding ortho intramolecular Hbond substituents is 1. The fraction of sp³-hybridized carbons (Fsp3) is 0.0714. The molecule has 0 radical (unpaired) electrons. The molecule has 6 nitrogen and oxygen atoms in total. The zero-order valence-corrected chi connectivity index (χ0v) is 11.3. The first-order chi connectivity index (χ1) is 10.8. The fourth-order valence-electron chi connectivity index (χ4n) is 2.24. The topological polar surface area (TPSA) is 81.2 Å². The Kier molecular flexibility index (Phi) is 3.20. The van der Waals surface area contributed by atoms with Gasteiger partial charge in [-0.3, -0.25) is 14.7 Å². The zero-order valence-electron chi connectivity index (χ0n) is 11.3. The molecule has 0 aliphatic heterocycles. The zero-order chi connectivity index (χ0) is 16.8. The Morgan fingerprint density at radius 2 is 1.78 bits per heavy atom. The molecule has 0 saturated heterocycles. The lowest BCUT2D eigenvalue weighted by molar-refractivity contribution is -0.384. The molecule has 0 saturated carbocycles. The number of hydrogen-bond acceptors (Lipinski definition) is 4. The monoisotopic (exact) mass is 323 g/mol.